The number of benzene rings is 1. The van der Waals surface area contributed by atoms with Gasteiger partial charge in [-0.15, -0.1) is 0 Å². The van der Waals surface area contributed by atoms with E-state index in [0.29, 0.717) is 5.92 Å². The van der Waals surface area contributed by atoms with Crippen LogP contribution < -0.4 is 0 Å². The first kappa shape index (κ1) is 12.6. The SMILES string of the molecule is O=C(/C=C/C1CCCCC1)c1ccccc1Br. The maximum Gasteiger partial charge on any atom is 0.186 e. The van der Waals surface area contributed by atoms with Crippen LogP contribution in [-0.2, 0) is 0 Å². The molecule has 0 spiro atoms. The number of carbonyl (C=O) groups is 1. The van der Waals surface area contributed by atoms with Gasteiger partial charge in [-0.25, -0.2) is 0 Å². The molecule has 90 valence electrons. The molecule has 0 saturated heterocycles. The van der Waals surface area contributed by atoms with Gasteiger partial charge < -0.3 is 0 Å². The van der Waals surface area contributed by atoms with Crippen molar-refractivity contribution >= 4 is 21.7 Å². The molecule has 1 aromatic carbocycles. The Morgan fingerprint density at radius 2 is 1.88 bits per heavy atom. The van der Waals surface area contributed by atoms with Gasteiger partial charge in [0.15, 0.2) is 5.78 Å². The summed E-state index contributed by atoms with van der Waals surface area (Å²) in [5.41, 5.74) is 0.750. The summed E-state index contributed by atoms with van der Waals surface area (Å²) in [4.78, 5) is 12.0. The minimum Gasteiger partial charge on any atom is -0.289 e. The standard InChI is InChI=1S/C15H17BrO/c16-14-9-5-4-8-13(14)15(17)11-10-12-6-2-1-3-7-12/h4-5,8-12H,1-3,6-7H2/b11-10+. The van der Waals surface area contributed by atoms with E-state index in [-0.39, 0.29) is 5.78 Å². The Labute approximate surface area is 111 Å². The fourth-order valence-electron chi connectivity index (χ4n) is 2.30. The van der Waals surface area contributed by atoms with E-state index in [1.807, 2.05) is 24.3 Å². The second kappa shape index (κ2) is 6.15. The molecule has 0 atom stereocenters. The van der Waals surface area contributed by atoms with Crippen molar-refractivity contribution in [1.29, 1.82) is 0 Å². The van der Waals surface area contributed by atoms with Gasteiger partial charge >= 0.3 is 0 Å². The van der Waals surface area contributed by atoms with Crippen LogP contribution in [0.3, 0.4) is 0 Å². The van der Waals surface area contributed by atoms with E-state index in [2.05, 4.69) is 22.0 Å². The first-order valence-corrected chi connectivity index (χ1v) is 7.04. The van der Waals surface area contributed by atoms with Gasteiger partial charge in [-0.2, -0.15) is 0 Å². The van der Waals surface area contributed by atoms with Crippen LogP contribution in [-0.4, -0.2) is 5.78 Å². The zero-order valence-electron chi connectivity index (χ0n) is 9.86. The molecule has 1 saturated carbocycles. The topological polar surface area (TPSA) is 17.1 Å². The van der Waals surface area contributed by atoms with Crippen LogP contribution >= 0.6 is 15.9 Å². The minimum atomic E-state index is 0.100. The maximum atomic E-state index is 12.0. The van der Waals surface area contributed by atoms with Crippen LogP contribution in [0.2, 0.25) is 0 Å². The van der Waals surface area contributed by atoms with Crippen LogP contribution in [0.25, 0.3) is 0 Å². The number of carbonyl (C=O) groups excluding carboxylic acids is 1. The normalized spacial score (nSPS) is 17.5. The van der Waals surface area contributed by atoms with Gasteiger partial charge in [0.25, 0.3) is 0 Å². The third kappa shape index (κ3) is 3.53. The lowest BCUT2D eigenvalue weighted by Gasteiger charge is -2.17. The Balaban J connectivity index is 2.01. The Morgan fingerprint density at radius 3 is 2.59 bits per heavy atom. The highest BCUT2D eigenvalue weighted by molar-refractivity contribution is 9.10. The second-order valence-corrected chi connectivity index (χ2v) is 5.46. The summed E-state index contributed by atoms with van der Waals surface area (Å²) in [5.74, 6) is 0.707. The van der Waals surface area contributed by atoms with E-state index < -0.39 is 0 Å². The number of hydrogen-bond donors (Lipinski definition) is 0. The van der Waals surface area contributed by atoms with Gasteiger partial charge in [-0.05, 0) is 37.0 Å². The van der Waals surface area contributed by atoms with E-state index in [0.717, 1.165) is 10.0 Å². The fourth-order valence-corrected chi connectivity index (χ4v) is 2.78. The van der Waals surface area contributed by atoms with Crippen molar-refractivity contribution in [3.8, 4) is 0 Å². The van der Waals surface area contributed by atoms with E-state index in [1.54, 1.807) is 6.08 Å². The first-order valence-electron chi connectivity index (χ1n) is 6.24. The summed E-state index contributed by atoms with van der Waals surface area (Å²) in [7, 11) is 0. The Hall–Kier alpha value is -0.890. The van der Waals surface area contributed by atoms with Gasteiger partial charge in [0, 0.05) is 10.0 Å². The van der Waals surface area contributed by atoms with Crippen LogP contribution in [0.5, 0.6) is 0 Å². The second-order valence-electron chi connectivity index (χ2n) is 4.60. The summed E-state index contributed by atoms with van der Waals surface area (Å²) in [6.07, 6.45) is 10.3. The zero-order valence-corrected chi connectivity index (χ0v) is 11.4. The van der Waals surface area contributed by atoms with Gasteiger partial charge in [-0.1, -0.05) is 53.4 Å². The molecule has 0 N–H and O–H groups in total. The van der Waals surface area contributed by atoms with E-state index >= 15 is 0 Å². The molecule has 0 aliphatic heterocycles. The number of halogens is 1. The van der Waals surface area contributed by atoms with Crippen molar-refractivity contribution in [2.24, 2.45) is 5.92 Å². The van der Waals surface area contributed by atoms with Gasteiger partial charge in [0.05, 0.1) is 0 Å². The van der Waals surface area contributed by atoms with Crippen LogP contribution in [0.15, 0.2) is 40.9 Å². The fraction of sp³-hybridized carbons (Fsp3) is 0.400. The molecule has 0 radical (unpaired) electrons. The Kier molecular flexibility index (Phi) is 4.55. The molecule has 1 aliphatic rings. The monoisotopic (exact) mass is 292 g/mol. The molecule has 0 aromatic heterocycles. The highest BCUT2D eigenvalue weighted by Crippen LogP contribution is 2.25. The molecule has 2 heteroatoms. The number of hydrogen-bond acceptors (Lipinski definition) is 1. The van der Waals surface area contributed by atoms with Crippen molar-refractivity contribution in [1.82, 2.24) is 0 Å². The van der Waals surface area contributed by atoms with E-state index in [9.17, 15) is 4.79 Å². The third-order valence-corrected chi connectivity index (χ3v) is 4.00. The van der Waals surface area contributed by atoms with E-state index in [1.165, 1.54) is 32.1 Å². The molecule has 0 bridgehead atoms. The van der Waals surface area contributed by atoms with Crippen molar-refractivity contribution < 1.29 is 4.79 Å². The van der Waals surface area contributed by atoms with Gasteiger partial charge in [-0.3, -0.25) is 4.79 Å². The number of rotatable bonds is 3. The summed E-state index contributed by atoms with van der Waals surface area (Å²) < 4.78 is 0.873. The summed E-state index contributed by atoms with van der Waals surface area (Å²) in [6, 6.07) is 7.58. The Bertz CT molecular complexity index is 417. The lowest BCUT2D eigenvalue weighted by Crippen LogP contribution is -2.04. The minimum absolute atomic E-state index is 0.100. The molecule has 0 unspecified atom stereocenters. The summed E-state index contributed by atoms with van der Waals surface area (Å²) >= 11 is 3.41. The van der Waals surface area contributed by atoms with E-state index in [4.69, 9.17) is 0 Å². The van der Waals surface area contributed by atoms with Crippen molar-refractivity contribution in [3.05, 3.63) is 46.5 Å². The van der Waals surface area contributed by atoms with Gasteiger partial charge in [0.2, 0.25) is 0 Å². The first-order chi connectivity index (χ1) is 8.27. The average molecular weight is 293 g/mol. The van der Waals surface area contributed by atoms with Gasteiger partial charge in [0.1, 0.15) is 0 Å². The summed E-state index contributed by atoms with van der Waals surface area (Å²) in [6.45, 7) is 0. The highest BCUT2D eigenvalue weighted by Gasteiger charge is 2.11. The molecular formula is C15H17BrO. The van der Waals surface area contributed by atoms with Crippen molar-refractivity contribution in [2.75, 3.05) is 0 Å². The lowest BCUT2D eigenvalue weighted by molar-refractivity contribution is 0.104. The largest absolute Gasteiger partial charge is 0.289 e. The average Bonchev–Trinajstić information content (AvgIpc) is 2.38. The molecule has 0 heterocycles. The van der Waals surface area contributed by atoms with Crippen molar-refractivity contribution in [2.45, 2.75) is 32.1 Å². The quantitative estimate of drug-likeness (QED) is 0.579. The number of ketones is 1. The van der Waals surface area contributed by atoms with Crippen molar-refractivity contribution in [3.63, 3.8) is 0 Å². The molecule has 0 amide bonds. The van der Waals surface area contributed by atoms with Crippen LogP contribution in [0.4, 0.5) is 0 Å². The highest BCUT2D eigenvalue weighted by atomic mass is 79.9. The smallest absolute Gasteiger partial charge is 0.186 e. The molecular weight excluding hydrogens is 276 g/mol. The van der Waals surface area contributed by atoms with Crippen LogP contribution in [0, 0.1) is 5.92 Å². The maximum absolute atomic E-state index is 12.0. The zero-order chi connectivity index (χ0) is 12.1. The molecule has 1 aromatic rings. The number of allylic oxidation sites excluding steroid dienone is 2. The summed E-state index contributed by atoms with van der Waals surface area (Å²) in [5, 5.41) is 0. The van der Waals surface area contributed by atoms with Crippen LogP contribution in [0.1, 0.15) is 42.5 Å². The Morgan fingerprint density at radius 1 is 1.18 bits per heavy atom. The molecule has 2 rings (SSSR count). The predicted molar refractivity (Wildman–Crippen MR) is 74.2 cm³/mol. The lowest BCUT2D eigenvalue weighted by atomic mass is 9.89. The molecule has 1 nitrogen and oxygen atoms in total. The third-order valence-electron chi connectivity index (χ3n) is 3.31. The predicted octanol–water partition coefficient (Wildman–Crippen LogP) is 4.77. The molecule has 1 fully saturated rings. The molecule has 1 aliphatic carbocycles. The molecule has 17 heavy (non-hydrogen) atoms.